The highest BCUT2D eigenvalue weighted by Crippen LogP contribution is 2.07. The van der Waals surface area contributed by atoms with Gasteiger partial charge in [-0.25, -0.2) is 4.39 Å². The Hall–Kier alpha value is -1.97. The van der Waals surface area contributed by atoms with E-state index < -0.39 is 0 Å². The van der Waals surface area contributed by atoms with Crippen molar-refractivity contribution in [2.24, 2.45) is 0 Å². The first-order valence-electron chi connectivity index (χ1n) is 4.93. The summed E-state index contributed by atoms with van der Waals surface area (Å²) in [5.41, 5.74) is 2.23. The molecule has 0 aliphatic carbocycles. The highest BCUT2D eigenvalue weighted by molar-refractivity contribution is 5.72. The van der Waals surface area contributed by atoms with Gasteiger partial charge in [0.15, 0.2) is 6.29 Å². The first-order chi connectivity index (χ1) is 7.69. The minimum absolute atomic E-state index is 0.268. The number of carbonyl (C=O) groups is 1. The molecule has 82 valence electrons. The van der Waals surface area contributed by atoms with Gasteiger partial charge >= 0.3 is 0 Å². The average Bonchev–Trinajstić information content (AvgIpc) is 2.62. The third-order valence-corrected chi connectivity index (χ3v) is 2.30. The molecule has 1 heterocycles. The van der Waals surface area contributed by atoms with Crippen molar-refractivity contribution >= 4 is 6.29 Å². The van der Waals surface area contributed by atoms with Crippen molar-refractivity contribution in [3.05, 3.63) is 53.1 Å². The maximum absolute atomic E-state index is 12.7. The van der Waals surface area contributed by atoms with Crippen LogP contribution in [0.1, 0.15) is 21.7 Å². The molecule has 4 heteroatoms. The van der Waals surface area contributed by atoms with E-state index in [1.54, 1.807) is 22.9 Å². The first-order valence-corrected chi connectivity index (χ1v) is 4.93. The standard InChI is InChI=1S/C12H11FN2O/c1-9-6-12(8-16)15(14-9)7-10-2-4-11(13)5-3-10/h2-6,8H,7H2,1H3. The molecule has 0 aliphatic rings. The Morgan fingerprint density at radius 3 is 2.69 bits per heavy atom. The number of nitrogens with zero attached hydrogens (tertiary/aromatic N) is 2. The summed E-state index contributed by atoms with van der Waals surface area (Å²) in [7, 11) is 0. The number of benzene rings is 1. The molecule has 0 spiro atoms. The number of halogens is 1. The molecule has 16 heavy (non-hydrogen) atoms. The Kier molecular flexibility index (Phi) is 2.81. The first kappa shape index (κ1) is 10.5. The van der Waals surface area contributed by atoms with E-state index in [0.29, 0.717) is 12.2 Å². The average molecular weight is 218 g/mol. The van der Waals surface area contributed by atoms with Gasteiger partial charge in [0.2, 0.25) is 0 Å². The van der Waals surface area contributed by atoms with Gasteiger partial charge in [-0.05, 0) is 30.7 Å². The zero-order valence-electron chi connectivity index (χ0n) is 8.85. The molecule has 0 radical (unpaired) electrons. The molecule has 1 aromatic heterocycles. The zero-order chi connectivity index (χ0) is 11.5. The third-order valence-electron chi connectivity index (χ3n) is 2.30. The smallest absolute Gasteiger partial charge is 0.168 e. The molecule has 0 saturated carbocycles. The minimum atomic E-state index is -0.268. The van der Waals surface area contributed by atoms with E-state index >= 15 is 0 Å². The Morgan fingerprint density at radius 2 is 2.06 bits per heavy atom. The van der Waals surface area contributed by atoms with Gasteiger partial charge in [-0.2, -0.15) is 5.10 Å². The predicted octanol–water partition coefficient (Wildman–Crippen LogP) is 2.19. The van der Waals surface area contributed by atoms with Gasteiger partial charge in [0.05, 0.1) is 12.2 Å². The monoisotopic (exact) mass is 218 g/mol. The number of aryl methyl sites for hydroxylation is 1. The SMILES string of the molecule is Cc1cc(C=O)n(Cc2ccc(F)cc2)n1. The molecule has 0 bridgehead atoms. The van der Waals surface area contributed by atoms with E-state index in [9.17, 15) is 9.18 Å². The quantitative estimate of drug-likeness (QED) is 0.740. The summed E-state index contributed by atoms with van der Waals surface area (Å²) < 4.78 is 14.3. The molecule has 3 nitrogen and oxygen atoms in total. The number of carbonyl (C=O) groups excluding carboxylic acids is 1. The van der Waals surface area contributed by atoms with E-state index in [4.69, 9.17) is 0 Å². The summed E-state index contributed by atoms with van der Waals surface area (Å²) in [4.78, 5) is 10.8. The lowest BCUT2D eigenvalue weighted by Gasteiger charge is -2.03. The van der Waals surface area contributed by atoms with Gasteiger partial charge in [0, 0.05) is 0 Å². The van der Waals surface area contributed by atoms with Crippen molar-refractivity contribution in [2.45, 2.75) is 13.5 Å². The van der Waals surface area contributed by atoms with Crippen molar-refractivity contribution in [2.75, 3.05) is 0 Å². The minimum Gasteiger partial charge on any atom is -0.296 e. The summed E-state index contributed by atoms with van der Waals surface area (Å²) in [5.74, 6) is -0.268. The van der Waals surface area contributed by atoms with Crippen LogP contribution >= 0.6 is 0 Å². The van der Waals surface area contributed by atoms with Gasteiger partial charge in [-0.15, -0.1) is 0 Å². The maximum atomic E-state index is 12.7. The lowest BCUT2D eigenvalue weighted by molar-refractivity contribution is 0.111. The summed E-state index contributed by atoms with van der Waals surface area (Å²) in [6.45, 7) is 2.30. The maximum Gasteiger partial charge on any atom is 0.168 e. The molecule has 0 unspecified atom stereocenters. The largest absolute Gasteiger partial charge is 0.296 e. The molecule has 2 rings (SSSR count). The molecular formula is C12H11FN2O. The summed E-state index contributed by atoms with van der Waals surface area (Å²) in [6.07, 6.45) is 0.767. The molecule has 0 N–H and O–H groups in total. The number of hydrogen-bond donors (Lipinski definition) is 0. The van der Waals surface area contributed by atoms with E-state index in [2.05, 4.69) is 5.10 Å². The second kappa shape index (κ2) is 4.26. The second-order valence-corrected chi connectivity index (χ2v) is 3.61. The van der Waals surface area contributed by atoms with Crippen molar-refractivity contribution in [1.29, 1.82) is 0 Å². The van der Waals surface area contributed by atoms with Gasteiger partial charge < -0.3 is 0 Å². The number of aromatic nitrogens is 2. The number of aldehydes is 1. The molecule has 0 atom stereocenters. The number of hydrogen-bond acceptors (Lipinski definition) is 2. The van der Waals surface area contributed by atoms with Crippen LogP contribution in [0.3, 0.4) is 0 Å². The Balaban J connectivity index is 2.26. The molecule has 0 fully saturated rings. The van der Waals surface area contributed by atoms with Crippen molar-refractivity contribution in [1.82, 2.24) is 9.78 Å². The molecule has 0 saturated heterocycles. The Morgan fingerprint density at radius 1 is 1.38 bits per heavy atom. The fourth-order valence-corrected chi connectivity index (χ4v) is 1.55. The van der Waals surface area contributed by atoms with Crippen molar-refractivity contribution < 1.29 is 9.18 Å². The van der Waals surface area contributed by atoms with E-state index in [1.165, 1.54) is 12.1 Å². The van der Waals surface area contributed by atoms with Gasteiger partial charge in [0.25, 0.3) is 0 Å². The van der Waals surface area contributed by atoms with Crippen LogP contribution in [0.15, 0.2) is 30.3 Å². The molecular weight excluding hydrogens is 207 g/mol. The molecule has 1 aromatic carbocycles. The van der Waals surface area contributed by atoms with Crippen LogP contribution in [0.5, 0.6) is 0 Å². The Labute approximate surface area is 92.5 Å². The second-order valence-electron chi connectivity index (χ2n) is 3.61. The van der Waals surface area contributed by atoms with Gasteiger partial charge in [-0.1, -0.05) is 12.1 Å². The highest BCUT2D eigenvalue weighted by atomic mass is 19.1. The Bertz CT molecular complexity index is 502. The third kappa shape index (κ3) is 2.16. The fourth-order valence-electron chi connectivity index (χ4n) is 1.55. The van der Waals surface area contributed by atoms with Crippen LogP contribution in [0.25, 0.3) is 0 Å². The molecule has 0 aliphatic heterocycles. The van der Waals surface area contributed by atoms with Crippen molar-refractivity contribution in [3.63, 3.8) is 0 Å². The summed E-state index contributed by atoms with van der Waals surface area (Å²) in [6, 6.07) is 7.87. The van der Waals surface area contributed by atoms with Gasteiger partial charge in [0.1, 0.15) is 11.5 Å². The highest BCUT2D eigenvalue weighted by Gasteiger charge is 2.04. The fraction of sp³-hybridized carbons (Fsp3) is 0.167. The molecule has 2 aromatic rings. The topological polar surface area (TPSA) is 34.9 Å². The number of rotatable bonds is 3. The lowest BCUT2D eigenvalue weighted by Crippen LogP contribution is -2.05. The van der Waals surface area contributed by atoms with Crippen LogP contribution in [0.4, 0.5) is 4.39 Å². The van der Waals surface area contributed by atoms with E-state index in [0.717, 1.165) is 17.5 Å². The van der Waals surface area contributed by atoms with E-state index in [1.807, 2.05) is 6.92 Å². The van der Waals surface area contributed by atoms with E-state index in [-0.39, 0.29) is 5.82 Å². The lowest BCUT2D eigenvalue weighted by atomic mass is 10.2. The summed E-state index contributed by atoms with van der Waals surface area (Å²) in [5, 5.41) is 4.19. The van der Waals surface area contributed by atoms with Crippen LogP contribution in [0, 0.1) is 12.7 Å². The predicted molar refractivity (Wildman–Crippen MR) is 57.9 cm³/mol. The van der Waals surface area contributed by atoms with Crippen molar-refractivity contribution in [3.8, 4) is 0 Å². The summed E-state index contributed by atoms with van der Waals surface area (Å²) >= 11 is 0. The van der Waals surface area contributed by atoms with Gasteiger partial charge in [-0.3, -0.25) is 9.48 Å². The zero-order valence-corrected chi connectivity index (χ0v) is 8.85. The normalized spacial score (nSPS) is 10.4. The van der Waals surface area contributed by atoms with Crippen LogP contribution in [0.2, 0.25) is 0 Å². The van der Waals surface area contributed by atoms with Crippen LogP contribution in [-0.2, 0) is 6.54 Å². The molecule has 0 amide bonds. The van der Waals surface area contributed by atoms with Crippen LogP contribution in [-0.4, -0.2) is 16.1 Å². The van der Waals surface area contributed by atoms with Crippen LogP contribution < -0.4 is 0 Å².